The zero-order valence-electron chi connectivity index (χ0n) is 26.2. The van der Waals surface area contributed by atoms with Crippen LogP contribution in [0.4, 0.5) is 5.82 Å². The second kappa shape index (κ2) is 11.8. The summed E-state index contributed by atoms with van der Waals surface area (Å²) < 4.78 is 8.81. The molecular formula is C34H36ClN5O4S. The number of carbonyl (C=O) groups is 2. The minimum absolute atomic E-state index is 0.0366. The van der Waals surface area contributed by atoms with Crippen LogP contribution in [0.5, 0.6) is 0 Å². The number of thiazole rings is 1. The summed E-state index contributed by atoms with van der Waals surface area (Å²) in [4.78, 5) is 34.7. The molecule has 1 aliphatic rings. The molecule has 0 bridgehead atoms. The SMILES string of the molecule is CCN1CCN(c2nn(C)c3ccc(-c4nc5cc(C)c(C(OC(C)(C)C)C(=O)O)c(-c6ccc(Cl)cc6)c5s4)cc23)C(=O)C1. The van der Waals surface area contributed by atoms with Gasteiger partial charge in [-0.2, -0.15) is 5.10 Å². The third-order valence-electron chi connectivity index (χ3n) is 8.10. The van der Waals surface area contributed by atoms with Gasteiger partial charge in [-0.15, -0.1) is 11.3 Å². The normalized spacial score (nSPS) is 15.4. The van der Waals surface area contributed by atoms with Crippen LogP contribution in [0, 0.1) is 6.92 Å². The molecule has 234 valence electrons. The van der Waals surface area contributed by atoms with Gasteiger partial charge in [0.05, 0.1) is 27.9 Å². The van der Waals surface area contributed by atoms with Gasteiger partial charge >= 0.3 is 5.97 Å². The van der Waals surface area contributed by atoms with Crippen LogP contribution in [-0.4, -0.2) is 68.4 Å². The summed E-state index contributed by atoms with van der Waals surface area (Å²) >= 11 is 7.75. The zero-order chi connectivity index (χ0) is 32.2. The van der Waals surface area contributed by atoms with E-state index in [1.807, 2.05) is 75.8 Å². The molecule has 2 aromatic heterocycles. The number of aliphatic carboxylic acids is 1. The molecule has 45 heavy (non-hydrogen) atoms. The molecule has 1 fully saturated rings. The first-order valence-electron chi connectivity index (χ1n) is 14.9. The number of carbonyl (C=O) groups excluding carboxylic acids is 1. The number of benzene rings is 3. The number of ether oxygens (including phenoxy) is 1. The fraction of sp³-hybridized carbons (Fsp3) is 0.353. The fourth-order valence-corrected chi connectivity index (χ4v) is 7.20. The molecule has 11 heteroatoms. The van der Waals surface area contributed by atoms with Crippen LogP contribution < -0.4 is 4.90 Å². The number of halogens is 1. The maximum atomic E-state index is 13.1. The van der Waals surface area contributed by atoms with E-state index in [1.54, 1.807) is 17.0 Å². The van der Waals surface area contributed by atoms with Gasteiger partial charge in [-0.05, 0) is 81.8 Å². The van der Waals surface area contributed by atoms with Crippen molar-refractivity contribution in [3.05, 3.63) is 64.7 Å². The van der Waals surface area contributed by atoms with Crippen molar-refractivity contribution in [1.82, 2.24) is 19.7 Å². The van der Waals surface area contributed by atoms with Gasteiger partial charge in [0.2, 0.25) is 5.91 Å². The van der Waals surface area contributed by atoms with Crippen molar-refractivity contribution in [2.75, 3.05) is 31.1 Å². The van der Waals surface area contributed by atoms with E-state index in [9.17, 15) is 14.7 Å². The molecule has 5 aromatic rings. The highest BCUT2D eigenvalue weighted by molar-refractivity contribution is 7.22. The average molecular weight is 646 g/mol. The standard InChI is InChI=1S/C34H36ClN5O4S/c1-7-39-14-15-40(26(41)18-39)31-23-17-21(10-13-25(23)38(6)37-31)32-36-24-16-19(2)27(29(33(42)43)44-34(3,4)5)28(30(24)45-32)20-8-11-22(35)12-9-20/h8-13,16-17,29H,7,14-15,18H2,1-6H3,(H,42,43). The summed E-state index contributed by atoms with van der Waals surface area (Å²) in [5, 5.41) is 17.4. The number of amides is 1. The van der Waals surface area contributed by atoms with Gasteiger partial charge in [0, 0.05) is 47.2 Å². The van der Waals surface area contributed by atoms with Gasteiger partial charge in [0.1, 0.15) is 5.01 Å². The summed E-state index contributed by atoms with van der Waals surface area (Å²) in [5.74, 6) is -0.370. The van der Waals surface area contributed by atoms with E-state index in [4.69, 9.17) is 26.4 Å². The third kappa shape index (κ3) is 5.95. The molecule has 0 saturated carbocycles. The number of piperazine rings is 1. The lowest BCUT2D eigenvalue weighted by Gasteiger charge is -2.32. The minimum Gasteiger partial charge on any atom is -0.479 e. The minimum atomic E-state index is -1.19. The average Bonchev–Trinajstić information content (AvgIpc) is 3.55. The number of likely N-dealkylation sites (N-methyl/N-ethyl adjacent to an activating group) is 1. The van der Waals surface area contributed by atoms with E-state index in [-0.39, 0.29) is 5.91 Å². The summed E-state index contributed by atoms with van der Waals surface area (Å²) in [5.41, 5.74) is 4.85. The Morgan fingerprint density at radius 1 is 1.11 bits per heavy atom. The highest BCUT2D eigenvalue weighted by Gasteiger charge is 2.33. The number of hydrogen-bond donors (Lipinski definition) is 1. The van der Waals surface area contributed by atoms with Crippen LogP contribution in [-0.2, 0) is 21.4 Å². The van der Waals surface area contributed by atoms with Crippen LogP contribution >= 0.6 is 22.9 Å². The van der Waals surface area contributed by atoms with E-state index in [0.29, 0.717) is 29.5 Å². The van der Waals surface area contributed by atoms with E-state index >= 15 is 0 Å². The number of hydrogen-bond acceptors (Lipinski definition) is 7. The lowest BCUT2D eigenvalue weighted by Crippen LogP contribution is -2.50. The maximum absolute atomic E-state index is 13.1. The molecule has 6 rings (SSSR count). The molecule has 0 spiro atoms. The van der Waals surface area contributed by atoms with Gasteiger partial charge in [-0.1, -0.05) is 30.7 Å². The molecular weight excluding hydrogens is 610 g/mol. The van der Waals surface area contributed by atoms with E-state index in [0.717, 1.165) is 61.5 Å². The highest BCUT2D eigenvalue weighted by atomic mass is 35.5. The van der Waals surface area contributed by atoms with Gasteiger partial charge in [0.15, 0.2) is 11.9 Å². The van der Waals surface area contributed by atoms with Crippen molar-refractivity contribution in [1.29, 1.82) is 0 Å². The predicted octanol–water partition coefficient (Wildman–Crippen LogP) is 7.09. The summed E-state index contributed by atoms with van der Waals surface area (Å²) in [6.07, 6.45) is -1.19. The predicted molar refractivity (Wildman–Crippen MR) is 180 cm³/mol. The lowest BCUT2D eigenvalue weighted by molar-refractivity contribution is -0.160. The lowest BCUT2D eigenvalue weighted by atomic mass is 9.91. The Balaban J connectivity index is 1.52. The quantitative estimate of drug-likeness (QED) is 0.202. The number of carboxylic acids is 1. The molecule has 1 saturated heterocycles. The highest BCUT2D eigenvalue weighted by Crippen LogP contribution is 2.45. The molecule has 1 atom stereocenters. The Kier molecular flexibility index (Phi) is 8.19. The van der Waals surface area contributed by atoms with Crippen LogP contribution in [0.1, 0.15) is 44.9 Å². The van der Waals surface area contributed by atoms with Crippen molar-refractivity contribution in [3.63, 3.8) is 0 Å². The number of anilines is 1. The molecule has 1 amide bonds. The van der Waals surface area contributed by atoms with Crippen LogP contribution in [0.15, 0.2) is 48.5 Å². The molecule has 3 heterocycles. The van der Waals surface area contributed by atoms with E-state index in [2.05, 4.69) is 11.8 Å². The van der Waals surface area contributed by atoms with E-state index < -0.39 is 17.7 Å². The molecule has 0 aliphatic carbocycles. The zero-order valence-corrected chi connectivity index (χ0v) is 27.8. The second-order valence-electron chi connectivity index (χ2n) is 12.4. The molecule has 0 radical (unpaired) electrons. The Labute approximate surface area is 271 Å². The van der Waals surface area contributed by atoms with Crippen molar-refractivity contribution < 1.29 is 19.4 Å². The van der Waals surface area contributed by atoms with Gasteiger partial charge in [-0.3, -0.25) is 19.3 Å². The first kappa shape index (κ1) is 31.2. The number of nitrogens with zero attached hydrogens (tertiary/aromatic N) is 5. The number of rotatable bonds is 7. The monoisotopic (exact) mass is 645 g/mol. The Morgan fingerprint density at radius 3 is 2.47 bits per heavy atom. The smallest absolute Gasteiger partial charge is 0.337 e. The number of aromatic nitrogens is 3. The molecule has 1 unspecified atom stereocenters. The van der Waals surface area contributed by atoms with Crippen LogP contribution in [0.25, 0.3) is 42.8 Å². The first-order valence-corrected chi connectivity index (χ1v) is 16.1. The molecule has 9 nitrogen and oxygen atoms in total. The Bertz CT molecular complexity index is 1940. The second-order valence-corrected chi connectivity index (χ2v) is 13.8. The summed E-state index contributed by atoms with van der Waals surface area (Å²) in [6, 6.07) is 15.4. The number of carboxylic acid groups (broad SMARTS) is 1. The van der Waals surface area contributed by atoms with Crippen molar-refractivity contribution >= 4 is 61.8 Å². The van der Waals surface area contributed by atoms with Gasteiger partial charge in [-0.25, -0.2) is 9.78 Å². The van der Waals surface area contributed by atoms with Crippen molar-refractivity contribution in [2.24, 2.45) is 7.05 Å². The van der Waals surface area contributed by atoms with Gasteiger partial charge < -0.3 is 9.84 Å². The Morgan fingerprint density at radius 2 is 1.82 bits per heavy atom. The van der Waals surface area contributed by atoms with Crippen molar-refractivity contribution in [2.45, 2.75) is 46.3 Å². The molecule has 1 N–H and O–H groups in total. The summed E-state index contributed by atoms with van der Waals surface area (Å²) in [6.45, 7) is 12.1. The largest absolute Gasteiger partial charge is 0.479 e. The van der Waals surface area contributed by atoms with Crippen LogP contribution in [0.3, 0.4) is 0 Å². The number of aryl methyl sites for hydroxylation is 2. The topological polar surface area (TPSA) is 101 Å². The van der Waals surface area contributed by atoms with Crippen molar-refractivity contribution in [3.8, 4) is 21.7 Å². The van der Waals surface area contributed by atoms with Crippen LogP contribution in [0.2, 0.25) is 5.02 Å². The molecule has 3 aromatic carbocycles. The maximum Gasteiger partial charge on any atom is 0.337 e. The van der Waals surface area contributed by atoms with Gasteiger partial charge in [0.25, 0.3) is 0 Å². The van der Waals surface area contributed by atoms with E-state index in [1.165, 1.54) is 11.3 Å². The third-order valence-corrected chi connectivity index (χ3v) is 9.49. The Hall–Kier alpha value is -3.83. The first-order chi connectivity index (χ1) is 21.3. The fourth-order valence-electron chi connectivity index (χ4n) is 5.96. The molecule has 1 aliphatic heterocycles. The number of fused-ring (bicyclic) bond motifs is 2. The summed E-state index contributed by atoms with van der Waals surface area (Å²) in [7, 11) is 1.89.